The molecule has 2 aliphatic carbocycles. The zero-order valence-corrected chi connectivity index (χ0v) is 8.20. The zero-order chi connectivity index (χ0) is 10.6. The van der Waals surface area contributed by atoms with Crippen molar-refractivity contribution in [2.24, 2.45) is 11.8 Å². The van der Waals surface area contributed by atoms with Crippen LogP contribution in [0.1, 0.15) is 25.7 Å². The third-order valence-corrected chi connectivity index (χ3v) is 3.12. The van der Waals surface area contributed by atoms with Crippen LogP contribution in [0.4, 0.5) is 8.78 Å². The van der Waals surface area contributed by atoms with Gasteiger partial charge in [-0.15, -0.1) is 0 Å². The SMILES string of the molecule is OC[C@@H]1CC[C@@H]1F.OC[C@H]1CC[C@H]1F. The van der Waals surface area contributed by atoms with Gasteiger partial charge in [-0.2, -0.15) is 0 Å². The van der Waals surface area contributed by atoms with Gasteiger partial charge in [0, 0.05) is 25.0 Å². The first-order valence-corrected chi connectivity index (χ1v) is 5.19. The van der Waals surface area contributed by atoms with Crippen molar-refractivity contribution in [2.75, 3.05) is 13.2 Å². The van der Waals surface area contributed by atoms with E-state index in [9.17, 15) is 8.78 Å². The average molecular weight is 208 g/mol. The van der Waals surface area contributed by atoms with Crippen molar-refractivity contribution >= 4 is 0 Å². The maximum Gasteiger partial charge on any atom is 0.105 e. The molecule has 0 aliphatic heterocycles. The van der Waals surface area contributed by atoms with E-state index in [0.717, 1.165) is 12.8 Å². The first kappa shape index (κ1) is 11.9. The summed E-state index contributed by atoms with van der Waals surface area (Å²) in [7, 11) is 0. The van der Waals surface area contributed by atoms with E-state index in [0.29, 0.717) is 12.8 Å². The van der Waals surface area contributed by atoms with Crippen molar-refractivity contribution < 1.29 is 19.0 Å². The van der Waals surface area contributed by atoms with Crippen LogP contribution in [0.5, 0.6) is 0 Å². The molecule has 2 saturated carbocycles. The smallest absolute Gasteiger partial charge is 0.105 e. The summed E-state index contributed by atoms with van der Waals surface area (Å²) in [5.74, 6) is -0.0556. The Morgan fingerprint density at radius 2 is 1.14 bits per heavy atom. The van der Waals surface area contributed by atoms with Crippen molar-refractivity contribution in [3.63, 3.8) is 0 Å². The van der Waals surface area contributed by atoms with Gasteiger partial charge in [0.05, 0.1) is 0 Å². The monoisotopic (exact) mass is 208 g/mol. The zero-order valence-electron chi connectivity index (χ0n) is 8.20. The lowest BCUT2D eigenvalue weighted by molar-refractivity contribution is 0.0572. The molecule has 2 N–H and O–H groups in total. The molecule has 2 rings (SSSR count). The molecule has 0 amide bonds. The molecule has 0 aromatic heterocycles. The summed E-state index contributed by atoms with van der Waals surface area (Å²) in [6, 6.07) is 0. The van der Waals surface area contributed by atoms with E-state index in [-0.39, 0.29) is 25.0 Å². The maximum absolute atomic E-state index is 12.0. The van der Waals surface area contributed by atoms with Crippen LogP contribution >= 0.6 is 0 Å². The summed E-state index contributed by atoms with van der Waals surface area (Å²) >= 11 is 0. The van der Waals surface area contributed by atoms with Crippen molar-refractivity contribution in [1.29, 1.82) is 0 Å². The van der Waals surface area contributed by atoms with E-state index in [1.54, 1.807) is 0 Å². The van der Waals surface area contributed by atoms with Gasteiger partial charge < -0.3 is 10.2 Å². The van der Waals surface area contributed by atoms with Crippen LogP contribution in [0, 0.1) is 11.8 Å². The molecular formula is C10H18F2O2. The third kappa shape index (κ3) is 2.89. The second-order valence-corrected chi connectivity index (χ2v) is 4.07. The van der Waals surface area contributed by atoms with Crippen molar-refractivity contribution in [2.45, 2.75) is 38.0 Å². The highest BCUT2D eigenvalue weighted by Crippen LogP contribution is 2.29. The van der Waals surface area contributed by atoms with E-state index in [1.165, 1.54) is 0 Å². The molecule has 4 atom stereocenters. The number of hydrogen-bond acceptors (Lipinski definition) is 2. The summed E-state index contributed by atoms with van der Waals surface area (Å²) in [4.78, 5) is 0. The molecule has 2 fully saturated rings. The van der Waals surface area contributed by atoms with Gasteiger partial charge in [-0.1, -0.05) is 0 Å². The molecule has 0 radical (unpaired) electrons. The minimum atomic E-state index is -0.704. The highest BCUT2D eigenvalue weighted by Gasteiger charge is 2.29. The van der Waals surface area contributed by atoms with E-state index < -0.39 is 12.3 Å². The van der Waals surface area contributed by atoms with Gasteiger partial charge in [-0.3, -0.25) is 0 Å². The fraction of sp³-hybridized carbons (Fsp3) is 1.00. The summed E-state index contributed by atoms with van der Waals surface area (Å²) < 4.78 is 24.0. The minimum absolute atomic E-state index is 0.0278. The number of aliphatic hydroxyl groups excluding tert-OH is 2. The second kappa shape index (κ2) is 5.61. The summed E-state index contributed by atoms with van der Waals surface area (Å²) in [6.45, 7) is 0.0579. The molecule has 0 spiro atoms. The highest BCUT2D eigenvalue weighted by atomic mass is 19.1. The lowest BCUT2D eigenvalue weighted by Crippen LogP contribution is -2.29. The molecule has 2 aliphatic rings. The van der Waals surface area contributed by atoms with Gasteiger partial charge in [0.1, 0.15) is 12.3 Å². The Hall–Kier alpha value is -0.220. The lowest BCUT2D eigenvalue weighted by atomic mass is 9.84. The molecule has 2 nitrogen and oxygen atoms in total. The van der Waals surface area contributed by atoms with Crippen LogP contribution in [0.3, 0.4) is 0 Å². The second-order valence-electron chi connectivity index (χ2n) is 4.07. The van der Waals surface area contributed by atoms with Gasteiger partial charge in [0.25, 0.3) is 0 Å². The van der Waals surface area contributed by atoms with E-state index in [4.69, 9.17) is 10.2 Å². The molecule has 0 unspecified atom stereocenters. The molecule has 14 heavy (non-hydrogen) atoms. The Balaban J connectivity index is 0.000000140. The van der Waals surface area contributed by atoms with Crippen molar-refractivity contribution in [1.82, 2.24) is 0 Å². The first-order chi connectivity index (χ1) is 6.69. The van der Waals surface area contributed by atoms with Crippen LogP contribution in [-0.2, 0) is 0 Å². The van der Waals surface area contributed by atoms with Gasteiger partial charge >= 0.3 is 0 Å². The lowest BCUT2D eigenvalue weighted by Gasteiger charge is -2.27. The van der Waals surface area contributed by atoms with Gasteiger partial charge in [-0.25, -0.2) is 8.78 Å². The standard InChI is InChI=1S/2C5H9FO/c2*6-5-2-1-4(5)3-7/h2*4-5,7H,1-3H2/t2*4-,5-/m10/s1. The molecule has 84 valence electrons. The van der Waals surface area contributed by atoms with Crippen LogP contribution in [0.25, 0.3) is 0 Å². The predicted octanol–water partition coefficient (Wildman–Crippen LogP) is 1.45. The fourth-order valence-electron chi connectivity index (χ4n) is 1.47. The van der Waals surface area contributed by atoms with Gasteiger partial charge in [0.15, 0.2) is 0 Å². The molecule has 0 saturated heterocycles. The van der Waals surface area contributed by atoms with Crippen molar-refractivity contribution in [3.8, 4) is 0 Å². The molecular weight excluding hydrogens is 190 g/mol. The maximum atomic E-state index is 12.0. The molecule has 0 bridgehead atoms. The number of aliphatic hydroxyl groups is 2. The molecule has 0 aromatic rings. The first-order valence-electron chi connectivity index (χ1n) is 5.19. The normalized spacial score (nSPS) is 40.3. The Bertz CT molecular complexity index is 144. The topological polar surface area (TPSA) is 40.5 Å². The summed E-state index contributed by atoms with van der Waals surface area (Å²) in [5.41, 5.74) is 0. The van der Waals surface area contributed by atoms with E-state index in [1.807, 2.05) is 0 Å². The summed E-state index contributed by atoms with van der Waals surface area (Å²) in [5, 5.41) is 16.6. The Morgan fingerprint density at radius 3 is 1.14 bits per heavy atom. The Kier molecular flexibility index (Phi) is 4.75. The average Bonchev–Trinajstić information content (AvgIpc) is 2.16. The van der Waals surface area contributed by atoms with Crippen LogP contribution < -0.4 is 0 Å². The van der Waals surface area contributed by atoms with E-state index in [2.05, 4.69) is 0 Å². The summed E-state index contributed by atoms with van der Waals surface area (Å²) in [6.07, 6.45) is 1.65. The molecule has 0 heterocycles. The van der Waals surface area contributed by atoms with Crippen LogP contribution in [0.2, 0.25) is 0 Å². The third-order valence-electron chi connectivity index (χ3n) is 3.12. The van der Waals surface area contributed by atoms with Crippen LogP contribution in [0.15, 0.2) is 0 Å². The quantitative estimate of drug-likeness (QED) is 0.721. The van der Waals surface area contributed by atoms with Crippen molar-refractivity contribution in [3.05, 3.63) is 0 Å². The Morgan fingerprint density at radius 1 is 0.786 bits per heavy atom. The molecule has 4 heteroatoms. The number of rotatable bonds is 2. The fourth-order valence-corrected chi connectivity index (χ4v) is 1.47. The van der Waals surface area contributed by atoms with Gasteiger partial charge in [0.2, 0.25) is 0 Å². The van der Waals surface area contributed by atoms with Gasteiger partial charge in [-0.05, 0) is 25.7 Å². The largest absolute Gasteiger partial charge is 0.396 e. The highest BCUT2D eigenvalue weighted by molar-refractivity contribution is 4.79. The van der Waals surface area contributed by atoms with E-state index >= 15 is 0 Å². The van der Waals surface area contributed by atoms with Crippen LogP contribution in [-0.4, -0.2) is 35.8 Å². The Labute approximate surface area is 82.9 Å². The number of alkyl halides is 2. The number of hydrogen-bond donors (Lipinski definition) is 2. The predicted molar refractivity (Wildman–Crippen MR) is 49.4 cm³/mol. The minimum Gasteiger partial charge on any atom is -0.396 e. The number of halogens is 2. The molecule has 0 aromatic carbocycles.